The highest BCUT2D eigenvalue weighted by molar-refractivity contribution is 7.17. The van der Waals surface area contributed by atoms with Crippen molar-refractivity contribution in [1.82, 2.24) is 5.32 Å². The first-order valence-corrected chi connectivity index (χ1v) is 12.0. The van der Waals surface area contributed by atoms with Crippen LogP contribution in [-0.4, -0.2) is 28.1 Å². The van der Waals surface area contributed by atoms with E-state index < -0.39 is 5.97 Å². The fourth-order valence-electron chi connectivity index (χ4n) is 5.62. The van der Waals surface area contributed by atoms with Gasteiger partial charge in [0.15, 0.2) is 0 Å². The molecule has 3 aliphatic rings. The molecule has 3 saturated carbocycles. The van der Waals surface area contributed by atoms with Crippen molar-refractivity contribution in [3.05, 3.63) is 41.3 Å². The van der Waals surface area contributed by atoms with Gasteiger partial charge in [0.25, 0.3) is 5.91 Å². The molecule has 31 heavy (non-hydrogen) atoms. The SMILES string of the molecule is CC1(C)[C@H]2C[C@H](NC(=O)c3csc4ccc(O)cc34)[C@H](CC=CCCCC(=O)O)[C@@H]1C2. The third-order valence-corrected chi connectivity index (χ3v) is 8.54. The number of aliphatic carboxylic acids is 1. The van der Waals surface area contributed by atoms with Gasteiger partial charge in [0.2, 0.25) is 0 Å². The molecular formula is C25H31NO4S. The lowest BCUT2D eigenvalue weighted by Crippen LogP contribution is -2.61. The van der Waals surface area contributed by atoms with E-state index >= 15 is 0 Å². The summed E-state index contributed by atoms with van der Waals surface area (Å²) in [4.78, 5) is 23.8. The van der Waals surface area contributed by atoms with Crippen LogP contribution < -0.4 is 5.32 Å². The second-order valence-corrected chi connectivity index (χ2v) is 10.6. The first kappa shape index (κ1) is 21.9. The van der Waals surface area contributed by atoms with E-state index in [9.17, 15) is 14.7 Å². The number of benzene rings is 1. The molecule has 1 heterocycles. The zero-order valence-corrected chi connectivity index (χ0v) is 19.0. The van der Waals surface area contributed by atoms with Crippen molar-refractivity contribution < 1.29 is 19.8 Å². The minimum atomic E-state index is -0.750. The topological polar surface area (TPSA) is 86.6 Å². The summed E-state index contributed by atoms with van der Waals surface area (Å²) in [6.45, 7) is 4.70. The second-order valence-electron chi connectivity index (χ2n) is 9.66. The lowest BCUT2D eigenvalue weighted by Gasteiger charge is -2.62. The summed E-state index contributed by atoms with van der Waals surface area (Å²) in [5.41, 5.74) is 0.946. The summed E-state index contributed by atoms with van der Waals surface area (Å²) in [7, 11) is 0. The predicted molar refractivity (Wildman–Crippen MR) is 123 cm³/mol. The second kappa shape index (κ2) is 8.65. The van der Waals surface area contributed by atoms with Crippen molar-refractivity contribution in [3.63, 3.8) is 0 Å². The molecule has 1 amide bonds. The fraction of sp³-hybridized carbons (Fsp3) is 0.520. The van der Waals surface area contributed by atoms with E-state index in [0.29, 0.717) is 35.2 Å². The Labute approximate surface area is 187 Å². The standard InChI is InChI=1S/C25H31NO4S/c1-25(2)15-11-20(25)17(7-5-3-4-6-8-23(28)29)21(12-15)26-24(30)19-14-31-22-10-9-16(27)13-18(19)22/h3,5,9-10,13-15,17,20-21,27H,4,6-8,11-12H2,1-2H3,(H,26,30)(H,28,29)/t15-,17-,20+,21+/m1/s1. The molecule has 0 unspecified atom stereocenters. The molecule has 0 radical (unpaired) electrons. The molecule has 1 aromatic heterocycles. The smallest absolute Gasteiger partial charge is 0.303 e. The van der Waals surface area contributed by atoms with Crippen LogP contribution in [0.2, 0.25) is 0 Å². The van der Waals surface area contributed by atoms with E-state index in [1.54, 1.807) is 12.1 Å². The molecule has 1 aromatic carbocycles. The summed E-state index contributed by atoms with van der Waals surface area (Å²) in [6, 6.07) is 5.30. The minimum Gasteiger partial charge on any atom is -0.508 e. The predicted octanol–water partition coefficient (Wildman–Crippen LogP) is 5.59. The summed E-state index contributed by atoms with van der Waals surface area (Å²) in [5.74, 6) is 0.978. The molecule has 4 atom stereocenters. The number of amides is 1. The number of allylic oxidation sites excluding steroid dienone is 2. The monoisotopic (exact) mass is 441 g/mol. The Morgan fingerprint density at radius 3 is 2.81 bits per heavy atom. The number of rotatable bonds is 8. The highest BCUT2D eigenvalue weighted by Crippen LogP contribution is 2.62. The highest BCUT2D eigenvalue weighted by Gasteiger charge is 2.57. The van der Waals surface area contributed by atoms with Crippen molar-refractivity contribution >= 4 is 33.3 Å². The van der Waals surface area contributed by atoms with Crippen LogP contribution in [0.25, 0.3) is 10.1 Å². The maximum Gasteiger partial charge on any atom is 0.303 e. The zero-order valence-electron chi connectivity index (χ0n) is 18.1. The molecular weight excluding hydrogens is 410 g/mol. The molecule has 3 fully saturated rings. The van der Waals surface area contributed by atoms with Crippen molar-refractivity contribution in [1.29, 1.82) is 0 Å². The van der Waals surface area contributed by atoms with Crippen LogP contribution in [0.4, 0.5) is 0 Å². The Hall–Kier alpha value is -2.34. The van der Waals surface area contributed by atoms with Crippen LogP contribution in [0.5, 0.6) is 5.75 Å². The van der Waals surface area contributed by atoms with E-state index in [-0.39, 0.29) is 24.1 Å². The molecule has 5 nitrogen and oxygen atoms in total. The fourth-order valence-corrected chi connectivity index (χ4v) is 6.54. The van der Waals surface area contributed by atoms with Gasteiger partial charge in [-0.3, -0.25) is 9.59 Å². The Morgan fingerprint density at radius 2 is 2.06 bits per heavy atom. The number of carboxylic acid groups (broad SMARTS) is 1. The lowest BCUT2D eigenvalue weighted by atomic mass is 9.44. The minimum absolute atomic E-state index is 0.0589. The summed E-state index contributed by atoms with van der Waals surface area (Å²) in [5, 5.41) is 24.6. The number of carboxylic acids is 1. The molecule has 2 aromatic rings. The molecule has 0 saturated heterocycles. The largest absolute Gasteiger partial charge is 0.508 e. The van der Waals surface area contributed by atoms with Crippen LogP contribution in [0, 0.1) is 23.2 Å². The van der Waals surface area contributed by atoms with E-state index in [4.69, 9.17) is 5.11 Å². The van der Waals surface area contributed by atoms with Gasteiger partial charge in [0, 0.05) is 27.9 Å². The molecule has 0 spiro atoms. The van der Waals surface area contributed by atoms with Gasteiger partial charge in [-0.15, -0.1) is 11.3 Å². The van der Waals surface area contributed by atoms with E-state index in [0.717, 1.165) is 29.3 Å². The number of carbonyl (C=O) groups is 2. The number of phenols is 1. The van der Waals surface area contributed by atoms with Gasteiger partial charge in [0.1, 0.15) is 5.75 Å². The molecule has 0 aliphatic heterocycles. The van der Waals surface area contributed by atoms with Crippen molar-refractivity contribution in [2.24, 2.45) is 23.2 Å². The molecule has 6 heteroatoms. The number of unbranched alkanes of at least 4 members (excludes halogenated alkanes) is 1. The Kier molecular flexibility index (Phi) is 6.11. The maximum atomic E-state index is 13.1. The van der Waals surface area contributed by atoms with Crippen molar-refractivity contribution in [2.75, 3.05) is 0 Å². The first-order valence-electron chi connectivity index (χ1n) is 11.1. The summed E-state index contributed by atoms with van der Waals surface area (Å²) in [6.07, 6.45) is 9.04. The number of fused-ring (bicyclic) bond motifs is 3. The van der Waals surface area contributed by atoms with Crippen LogP contribution >= 0.6 is 11.3 Å². The number of thiophene rings is 1. The average Bonchev–Trinajstić information content (AvgIpc) is 3.13. The van der Waals surface area contributed by atoms with Crippen LogP contribution in [-0.2, 0) is 4.79 Å². The third kappa shape index (κ3) is 4.36. The van der Waals surface area contributed by atoms with Crippen LogP contribution in [0.15, 0.2) is 35.7 Å². The number of phenolic OH excluding ortho intramolecular Hbond substituents is 1. The van der Waals surface area contributed by atoms with E-state index in [1.807, 2.05) is 11.4 Å². The van der Waals surface area contributed by atoms with Gasteiger partial charge in [-0.1, -0.05) is 26.0 Å². The van der Waals surface area contributed by atoms with Gasteiger partial charge in [-0.25, -0.2) is 0 Å². The Bertz CT molecular complexity index is 1010. The highest BCUT2D eigenvalue weighted by atomic mass is 32.1. The summed E-state index contributed by atoms with van der Waals surface area (Å²) >= 11 is 1.52. The van der Waals surface area contributed by atoms with Gasteiger partial charge < -0.3 is 15.5 Å². The quantitative estimate of drug-likeness (QED) is 0.368. The number of hydrogen-bond donors (Lipinski definition) is 3. The zero-order chi connectivity index (χ0) is 22.2. The van der Waals surface area contributed by atoms with E-state index in [1.165, 1.54) is 17.8 Å². The molecule has 2 bridgehead atoms. The number of carbonyl (C=O) groups excluding carboxylic acids is 1. The molecule has 166 valence electrons. The molecule has 3 aliphatic carbocycles. The van der Waals surface area contributed by atoms with Crippen molar-refractivity contribution in [2.45, 2.75) is 58.4 Å². The van der Waals surface area contributed by atoms with Crippen LogP contribution in [0.3, 0.4) is 0 Å². The molecule has 5 rings (SSSR count). The Morgan fingerprint density at radius 1 is 1.26 bits per heavy atom. The first-order chi connectivity index (χ1) is 14.8. The van der Waals surface area contributed by atoms with E-state index in [2.05, 4.69) is 31.3 Å². The molecule has 3 N–H and O–H groups in total. The average molecular weight is 442 g/mol. The van der Waals surface area contributed by atoms with Gasteiger partial charge >= 0.3 is 5.97 Å². The van der Waals surface area contributed by atoms with Crippen LogP contribution in [0.1, 0.15) is 62.7 Å². The normalized spacial score (nSPS) is 26.6. The maximum absolute atomic E-state index is 13.1. The number of hydrogen-bond acceptors (Lipinski definition) is 4. The third-order valence-electron chi connectivity index (χ3n) is 7.57. The van der Waals surface area contributed by atoms with Gasteiger partial charge in [-0.2, -0.15) is 0 Å². The van der Waals surface area contributed by atoms with Crippen molar-refractivity contribution in [3.8, 4) is 5.75 Å². The Balaban J connectivity index is 1.45. The van der Waals surface area contributed by atoms with Gasteiger partial charge in [0.05, 0.1) is 5.56 Å². The summed E-state index contributed by atoms with van der Waals surface area (Å²) < 4.78 is 0.997. The number of aromatic hydroxyl groups is 1. The number of nitrogens with one attached hydrogen (secondary N) is 1. The lowest BCUT2D eigenvalue weighted by molar-refractivity contribution is -0.137. The van der Waals surface area contributed by atoms with Gasteiger partial charge in [-0.05, 0) is 73.5 Å².